The van der Waals surface area contributed by atoms with E-state index in [-0.39, 0.29) is 41.6 Å². The van der Waals surface area contributed by atoms with E-state index in [9.17, 15) is 57.9 Å². The van der Waals surface area contributed by atoms with Crippen LogP contribution in [0.25, 0.3) is 11.2 Å². The van der Waals surface area contributed by atoms with E-state index in [1.165, 1.54) is 78.1 Å². The number of phosphoric ester groups is 3. The molecule has 6 N–H and O–H groups in total. The number of unbranched alkanes of at least 4 members (excludes halogenated alkanes) is 13. The highest BCUT2D eigenvalue weighted by Gasteiger charge is 2.47. The van der Waals surface area contributed by atoms with Gasteiger partial charge in [-0.25, -0.2) is 19.3 Å². The lowest BCUT2D eigenvalue weighted by Crippen LogP contribution is -2.46. The highest BCUT2D eigenvalue weighted by atomic mass is 32.2. The summed E-state index contributed by atoms with van der Waals surface area (Å²) in [6.07, 6.45) is 37.0. The number of allylic oxidation sites excluding steroid dienone is 10. The Labute approximate surface area is 480 Å². The Hall–Kier alpha value is -3.74. The number of carbonyl (C=O) groups excluding carboxylic acids is 3. The van der Waals surface area contributed by atoms with Gasteiger partial charge in [-0.3, -0.25) is 28.1 Å². The Kier molecular flexibility index (Phi) is 34.4. The molecule has 1 aliphatic heterocycles. The van der Waals surface area contributed by atoms with E-state index in [4.69, 9.17) is 10.5 Å². The molecule has 2 aromatic rings. The van der Waals surface area contributed by atoms with Crippen molar-refractivity contribution < 1.29 is 80.5 Å². The zero-order chi connectivity index (χ0) is 59.6. The summed E-state index contributed by atoms with van der Waals surface area (Å²) in [6.45, 7) is 2.32. The number of phosphoric acid groups is 3. The molecule has 3 rings (SSSR count). The number of amides is 2. The van der Waals surface area contributed by atoms with Gasteiger partial charge in [0, 0.05) is 37.1 Å². The molecule has 1 aliphatic rings. The maximum Gasteiger partial charge on any atom is 0.274 e. The predicted molar refractivity (Wildman–Crippen MR) is 302 cm³/mol. The number of carbonyl (C=O) groups is 3. The molecule has 81 heavy (non-hydrogen) atoms. The zero-order valence-electron chi connectivity index (χ0n) is 46.8. The van der Waals surface area contributed by atoms with Crippen molar-refractivity contribution in [2.24, 2.45) is 5.41 Å². The first-order valence-electron chi connectivity index (χ1n) is 27.8. The Bertz CT molecular complexity index is 2490. The first-order chi connectivity index (χ1) is 38.6. The summed E-state index contributed by atoms with van der Waals surface area (Å²) in [5, 5.41) is 26.6. The van der Waals surface area contributed by atoms with Crippen LogP contribution in [-0.2, 0) is 50.7 Å². The smallest absolute Gasteiger partial charge is 0.274 e. The van der Waals surface area contributed by atoms with Crippen LogP contribution in [0.3, 0.4) is 0 Å². The third-order valence-corrected chi connectivity index (χ3v) is 16.6. The van der Waals surface area contributed by atoms with Gasteiger partial charge in [0.1, 0.15) is 36.3 Å². The number of hydrogen-bond donors (Lipinski definition) is 5. The van der Waals surface area contributed by atoms with Gasteiger partial charge >= 0.3 is 0 Å². The first kappa shape index (κ1) is 71.5. The third-order valence-electron chi connectivity index (χ3n) is 12.6. The average molecular weight is 1220 g/mol. The molecule has 0 radical (unpaired) electrons. The second-order valence-electron chi connectivity index (χ2n) is 20.0. The van der Waals surface area contributed by atoms with Crippen LogP contribution in [0.15, 0.2) is 73.4 Å². The molecular weight excluding hydrogens is 1130 g/mol. The molecule has 3 heterocycles. The molecular formula is C53H84N7O17P3S-4. The van der Waals surface area contributed by atoms with E-state index in [0.717, 1.165) is 86.8 Å². The monoisotopic (exact) mass is 1220 g/mol. The maximum absolute atomic E-state index is 12.7. The van der Waals surface area contributed by atoms with E-state index in [1.54, 1.807) is 0 Å². The van der Waals surface area contributed by atoms with Crippen molar-refractivity contribution in [2.45, 2.75) is 186 Å². The first-order valence-corrected chi connectivity index (χ1v) is 33.1. The van der Waals surface area contributed by atoms with Crippen molar-refractivity contribution in [1.82, 2.24) is 30.2 Å². The number of ether oxygens (including phenoxy) is 1. The Morgan fingerprint density at radius 1 is 0.765 bits per heavy atom. The van der Waals surface area contributed by atoms with Gasteiger partial charge in [-0.15, -0.1) is 0 Å². The summed E-state index contributed by atoms with van der Waals surface area (Å²) in [5.74, 6) is -1.14. The van der Waals surface area contributed by atoms with Crippen molar-refractivity contribution in [3.63, 3.8) is 0 Å². The maximum atomic E-state index is 12.7. The molecule has 0 aromatic carbocycles. The molecule has 458 valence electrons. The highest BCUT2D eigenvalue weighted by molar-refractivity contribution is 8.13. The van der Waals surface area contributed by atoms with Crippen LogP contribution in [0, 0.1) is 5.41 Å². The van der Waals surface area contributed by atoms with Gasteiger partial charge in [-0.2, -0.15) is 0 Å². The van der Waals surface area contributed by atoms with Crippen molar-refractivity contribution in [2.75, 3.05) is 37.8 Å². The standard InChI is InChI=1S/C53H88N7O17P3S/c1-4-5-6-7-8-9-10-11-12-13-14-15-16-17-18-19-20-21-22-23-24-25-26-27-28-29-30-31-32-33-44(62)81-37-36-55-43(61)34-35-56-51(65)48(64)53(2,3)39-74-80(71,72)77-79(69,70)73-38-42-47(76-78(66,67)68)46(63)52(75-42)60-41-59-45-49(54)57-40-58-50(45)60/h5-6,8-9,11-12,14-15,17-18,40-42,46-48,52,63-64H,4,7,10,13,16,19-39H2,1-3H3,(H,55,61)(H,56,65)(H,69,70)(H,71,72)(H2,54,57,58)(H2,66,67,68)/p-4/b6-5-,9-8-,12-11-,15-14-,18-17-/t42-,46-,47-,48+,52-/m1/s1. The molecule has 2 amide bonds. The van der Waals surface area contributed by atoms with Crippen molar-refractivity contribution in [3.8, 4) is 0 Å². The fraction of sp³-hybridized carbons (Fsp3) is 0.660. The van der Waals surface area contributed by atoms with E-state index < -0.39 is 84.6 Å². The number of nitrogens with zero attached hydrogens (tertiary/aromatic N) is 4. The number of nitrogens with one attached hydrogen (secondary N) is 2. The minimum atomic E-state index is -5.93. The predicted octanol–water partition coefficient (Wildman–Crippen LogP) is 6.74. The molecule has 0 bridgehead atoms. The number of hydrogen-bond acceptors (Lipinski definition) is 22. The number of rotatable bonds is 44. The highest BCUT2D eigenvalue weighted by Crippen LogP contribution is 2.56. The van der Waals surface area contributed by atoms with E-state index in [2.05, 4.69) is 111 Å². The topological polar surface area (TPSA) is 375 Å². The summed E-state index contributed by atoms with van der Waals surface area (Å²) < 4.78 is 61.0. The Morgan fingerprint density at radius 2 is 1.31 bits per heavy atom. The molecule has 1 saturated heterocycles. The van der Waals surface area contributed by atoms with Crippen LogP contribution < -0.4 is 35.9 Å². The second-order valence-corrected chi connectivity index (χ2v) is 25.3. The summed E-state index contributed by atoms with van der Waals surface area (Å²) in [5.41, 5.74) is 4.10. The summed E-state index contributed by atoms with van der Waals surface area (Å²) in [4.78, 5) is 97.3. The van der Waals surface area contributed by atoms with Crippen LogP contribution in [0.4, 0.5) is 5.82 Å². The van der Waals surface area contributed by atoms with E-state index in [1.807, 2.05) is 0 Å². The molecule has 7 atom stereocenters. The van der Waals surface area contributed by atoms with Gasteiger partial charge in [-0.05, 0) is 51.4 Å². The van der Waals surface area contributed by atoms with Gasteiger partial charge in [0.25, 0.3) is 15.6 Å². The van der Waals surface area contributed by atoms with Crippen molar-refractivity contribution in [1.29, 1.82) is 0 Å². The molecule has 28 heteroatoms. The lowest BCUT2D eigenvalue weighted by Gasteiger charge is -2.36. The van der Waals surface area contributed by atoms with Gasteiger partial charge in [-0.1, -0.05) is 164 Å². The molecule has 0 spiro atoms. The molecule has 0 aliphatic carbocycles. The van der Waals surface area contributed by atoms with Crippen LogP contribution in [0.2, 0.25) is 0 Å². The van der Waals surface area contributed by atoms with Crippen molar-refractivity contribution in [3.05, 3.63) is 73.4 Å². The number of anilines is 1. The summed E-state index contributed by atoms with van der Waals surface area (Å²) in [7, 11) is -17.6. The Morgan fingerprint density at radius 3 is 1.89 bits per heavy atom. The minimum Gasteiger partial charge on any atom is -0.790 e. The zero-order valence-corrected chi connectivity index (χ0v) is 50.3. The lowest BCUT2D eigenvalue weighted by molar-refractivity contribution is -0.347. The SMILES string of the molecule is CC/C=C\C/C=C\C/C=C\C/C=C\C/C=C\CCCCCCCCCCCCCCCC(=O)SCCNC(=O)CCNC(=O)[C@H](O)C(C)(C)COP(=O)([O-])OP(=O)([O-])OC[C@H]1O[C@@H](n2cnc3c(N)ncnc32)[C@H](O)[C@@H]1OP(=O)([O-])[O-]. The lowest BCUT2D eigenvalue weighted by atomic mass is 9.87. The van der Waals surface area contributed by atoms with E-state index in [0.29, 0.717) is 12.2 Å². The summed E-state index contributed by atoms with van der Waals surface area (Å²) in [6, 6.07) is 0. The number of aliphatic hydroxyl groups excluding tert-OH is 2. The van der Waals surface area contributed by atoms with Gasteiger partial charge < -0.3 is 69.0 Å². The third kappa shape index (κ3) is 30.6. The number of fused-ring (bicyclic) bond motifs is 1. The summed E-state index contributed by atoms with van der Waals surface area (Å²) >= 11 is 1.14. The fourth-order valence-corrected chi connectivity index (χ4v) is 11.6. The molecule has 2 aromatic heterocycles. The largest absolute Gasteiger partial charge is 0.790 e. The van der Waals surface area contributed by atoms with E-state index >= 15 is 0 Å². The number of aromatic nitrogens is 4. The van der Waals surface area contributed by atoms with Gasteiger partial charge in [0.05, 0.1) is 27.4 Å². The number of nitrogens with two attached hydrogens (primary N) is 1. The van der Waals surface area contributed by atoms with Crippen LogP contribution in [-0.4, -0.2) is 103 Å². The Balaban J connectivity index is 1.16. The van der Waals surface area contributed by atoms with Crippen LogP contribution in [0.5, 0.6) is 0 Å². The molecule has 24 nitrogen and oxygen atoms in total. The molecule has 1 fully saturated rings. The normalized spacial score (nSPS) is 19.2. The van der Waals surface area contributed by atoms with Crippen molar-refractivity contribution >= 4 is 69.1 Å². The van der Waals surface area contributed by atoms with Crippen LogP contribution in [0.1, 0.15) is 162 Å². The number of thioether (sulfide) groups is 1. The fourth-order valence-electron chi connectivity index (χ4n) is 8.19. The number of imidazole rings is 1. The quantitative estimate of drug-likeness (QED) is 0.0260. The molecule has 0 saturated carbocycles. The van der Waals surface area contributed by atoms with Crippen LogP contribution >= 0.6 is 35.2 Å². The molecule has 2 unspecified atom stereocenters. The minimum absolute atomic E-state index is 0.0191. The van der Waals surface area contributed by atoms with Gasteiger partial charge in [0.2, 0.25) is 11.8 Å². The second kappa shape index (κ2) is 39.0. The number of aliphatic hydroxyl groups is 2. The number of nitrogen functional groups attached to an aromatic ring is 1. The average Bonchev–Trinajstić information content (AvgIpc) is 4.11. The van der Waals surface area contributed by atoms with Gasteiger partial charge in [0.15, 0.2) is 22.8 Å².